The molecule has 0 radical (unpaired) electrons. The average Bonchev–Trinajstić information content (AvgIpc) is 3.27. The van der Waals surface area contributed by atoms with Gasteiger partial charge in [0.15, 0.2) is 0 Å². The van der Waals surface area contributed by atoms with Crippen molar-refractivity contribution in [1.29, 1.82) is 0 Å². The van der Waals surface area contributed by atoms with Gasteiger partial charge in [-0.25, -0.2) is 0 Å². The van der Waals surface area contributed by atoms with Crippen molar-refractivity contribution in [1.82, 2.24) is 10.3 Å². The molecule has 4 nitrogen and oxygen atoms in total. The summed E-state index contributed by atoms with van der Waals surface area (Å²) in [7, 11) is 0. The highest BCUT2D eigenvalue weighted by atomic mass is 16.2. The minimum atomic E-state index is 0.0505. The summed E-state index contributed by atoms with van der Waals surface area (Å²) in [6.45, 7) is 10.3. The van der Waals surface area contributed by atoms with E-state index < -0.39 is 0 Å². The molecule has 1 heterocycles. The molecule has 2 aliphatic carbocycles. The van der Waals surface area contributed by atoms with E-state index in [2.05, 4.69) is 62.3 Å². The predicted octanol–water partition coefficient (Wildman–Crippen LogP) is 4.92. The molecule has 4 atom stereocenters. The smallest absolute Gasteiger partial charge is 0.267 e. The number of amides is 1. The molecule has 1 aliphatic heterocycles. The highest BCUT2D eigenvalue weighted by Gasteiger charge is 2.61. The van der Waals surface area contributed by atoms with Gasteiger partial charge in [0.1, 0.15) is 5.71 Å². The highest BCUT2D eigenvalue weighted by Crippen LogP contribution is 2.65. The van der Waals surface area contributed by atoms with Crippen LogP contribution in [0.25, 0.3) is 0 Å². The first kappa shape index (κ1) is 19.5. The Kier molecular flexibility index (Phi) is 5.01. The van der Waals surface area contributed by atoms with E-state index in [1.165, 1.54) is 18.4 Å². The molecule has 1 unspecified atom stereocenters. The number of benzene rings is 1. The molecule has 4 rings (SSSR count). The third kappa shape index (κ3) is 3.05. The number of hydrogen-bond donors (Lipinski definition) is 1. The van der Waals surface area contributed by atoms with Gasteiger partial charge in [-0.3, -0.25) is 9.80 Å². The number of hydrazone groups is 1. The summed E-state index contributed by atoms with van der Waals surface area (Å²) in [6.07, 6.45) is 6.57. The second kappa shape index (κ2) is 7.20. The minimum absolute atomic E-state index is 0.0505. The Morgan fingerprint density at radius 1 is 1.25 bits per heavy atom. The van der Waals surface area contributed by atoms with Crippen LogP contribution >= 0.6 is 0 Å². The molecule has 3 aliphatic rings. The lowest BCUT2D eigenvalue weighted by atomic mass is 9.69. The third-order valence-corrected chi connectivity index (χ3v) is 8.28. The van der Waals surface area contributed by atoms with Gasteiger partial charge in [0.25, 0.3) is 5.91 Å². The van der Waals surface area contributed by atoms with E-state index >= 15 is 0 Å². The fraction of sp³-hybridized carbons (Fsp3) is 0.667. The van der Waals surface area contributed by atoms with E-state index in [4.69, 9.17) is 5.10 Å². The first-order valence-electron chi connectivity index (χ1n) is 11.1. The van der Waals surface area contributed by atoms with E-state index in [9.17, 15) is 4.79 Å². The highest BCUT2D eigenvalue weighted by molar-refractivity contribution is 6.39. The predicted molar refractivity (Wildman–Crippen MR) is 114 cm³/mol. The minimum Gasteiger partial charge on any atom is -0.348 e. The molecule has 4 heteroatoms. The van der Waals surface area contributed by atoms with Gasteiger partial charge in [-0.1, -0.05) is 64.4 Å². The molecule has 1 aromatic rings. The molecule has 0 saturated heterocycles. The zero-order chi connectivity index (χ0) is 19.9. The first-order chi connectivity index (χ1) is 13.4. The monoisotopic (exact) mass is 381 g/mol. The second-order valence-corrected chi connectivity index (χ2v) is 9.83. The molecule has 0 aromatic heterocycles. The summed E-state index contributed by atoms with van der Waals surface area (Å²) in [5.74, 6) is 0.779. The number of rotatable bonds is 6. The lowest BCUT2D eigenvalue weighted by Gasteiger charge is -2.39. The van der Waals surface area contributed by atoms with Crippen molar-refractivity contribution in [3.63, 3.8) is 0 Å². The molecule has 0 spiro atoms. The number of nitrogens with one attached hydrogen (secondary N) is 1. The van der Waals surface area contributed by atoms with E-state index in [-0.39, 0.29) is 23.4 Å². The molecule has 2 fully saturated rings. The summed E-state index contributed by atoms with van der Waals surface area (Å²) >= 11 is 0. The van der Waals surface area contributed by atoms with Gasteiger partial charge in [0.05, 0.1) is 6.04 Å². The van der Waals surface area contributed by atoms with Crippen molar-refractivity contribution < 1.29 is 4.79 Å². The summed E-state index contributed by atoms with van der Waals surface area (Å²) in [5, 5.41) is 10.3. The quantitative estimate of drug-likeness (QED) is 0.760. The van der Waals surface area contributed by atoms with E-state index in [1.54, 1.807) is 0 Å². The van der Waals surface area contributed by atoms with Crippen LogP contribution in [0.15, 0.2) is 35.4 Å². The molecule has 1 N–H and O–H groups in total. The maximum Gasteiger partial charge on any atom is 0.267 e. The van der Waals surface area contributed by atoms with Crippen LogP contribution in [0.4, 0.5) is 0 Å². The molecule has 2 bridgehead atoms. The van der Waals surface area contributed by atoms with E-state index in [1.807, 2.05) is 6.07 Å². The SMILES string of the molecule is CCCCN1N=C(C(=O)N[C@H]2C[C@H]3CC[C@]2(C)C3(C)C)CC1c1ccccc1. The van der Waals surface area contributed by atoms with Crippen LogP contribution < -0.4 is 5.32 Å². The molecular weight excluding hydrogens is 346 g/mol. The fourth-order valence-corrected chi connectivity index (χ4v) is 5.85. The molecule has 2 saturated carbocycles. The van der Waals surface area contributed by atoms with Crippen LogP contribution in [0.2, 0.25) is 0 Å². The Labute approximate surface area is 169 Å². The van der Waals surface area contributed by atoms with Crippen molar-refractivity contribution in [2.24, 2.45) is 21.8 Å². The fourth-order valence-electron chi connectivity index (χ4n) is 5.85. The zero-order valence-electron chi connectivity index (χ0n) is 17.9. The van der Waals surface area contributed by atoms with E-state index in [0.717, 1.165) is 31.7 Å². The van der Waals surface area contributed by atoms with Crippen molar-refractivity contribution in [3.8, 4) is 0 Å². The standard InChI is InChI=1S/C24H35N3O/c1-5-6-14-27-20(17-10-8-7-9-11-17)16-19(26-27)22(28)25-21-15-18-12-13-24(21,4)23(18,2)3/h7-11,18,20-21H,5-6,12-16H2,1-4H3,(H,25,28)/t18-,20?,21+,24+/m1/s1. The van der Waals surface area contributed by atoms with Crippen molar-refractivity contribution in [2.45, 2.75) is 78.3 Å². The number of carbonyl (C=O) groups excluding carboxylic acids is 1. The maximum atomic E-state index is 13.2. The lowest BCUT2D eigenvalue weighted by Crippen LogP contribution is -2.48. The topological polar surface area (TPSA) is 44.7 Å². The van der Waals surface area contributed by atoms with Crippen LogP contribution in [-0.2, 0) is 4.79 Å². The average molecular weight is 382 g/mol. The Balaban J connectivity index is 1.48. The Morgan fingerprint density at radius 3 is 2.61 bits per heavy atom. The van der Waals surface area contributed by atoms with Crippen LogP contribution in [0.1, 0.15) is 77.8 Å². The number of nitrogens with zero attached hydrogens (tertiary/aromatic N) is 2. The van der Waals surface area contributed by atoms with Gasteiger partial charge in [-0.05, 0) is 48.0 Å². The molecule has 152 valence electrons. The third-order valence-electron chi connectivity index (χ3n) is 8.28. The zero-order valence-corrected chi connectivity index (χ0v) is 17.9. The Hall–Kier alpha value is -1.84. The van der Waals surface area contributed by atoms with Crippen molar-refractivity contribution in [3.05, 3.63) is 35.9 Å². The van der Waals surface area contributed by atoms with Crippen LogP contribution in [0, 0.1) is 16.7 Å². The van der Waals surface area contributed by atoms with Crippen LogP contribution in [0.3, 0.4) is 0 Å². The second-order valence-electron chi connectivity index (χ2n) is 9.83. The number of hydrogen-bond acceptors (Lipinski definition) is 3. The summed E-state index contributed by atoms with van der Waals surface area (Å²) < 4.78 is 0. The molecule has 1 amide bonds. The Bertz CT molecular complexity index is 756. The lowest BCUT2D eigenvalue weighted by molar-refractivity contribution is -0.116. The van der Waals surface area contributed by atoms with Gasteiger partial charge in [-0.15, -0.1) is 0 Å². The van der Waals surface area contributed by atoms with Gasteiger partial charge < -0.3 is 5.32 Å². The number of fused-ring (bicyclic) bond motifs is 2. The van der Waals surface area contributed by atoms with Gasteiger partial charge in [0.2, 0.25) is 0 Å². The molecule has 28 heavy (non-hydrogen) atoms. The normalized spacial score (nSPS) is 33.2. The number of unbranched alkanes of at least 4 members (excludes halogenated alkanes) is 1. The van der Waals surface area contributed by atoms with Crippen LogP contribution in [-0.4, -0.2) is 29.2 Å². The number of carbonyl (C=O) groups is 1. The summed E-state index contributed by atoms with van der Waals surface area (Å²) in [6, 6.07) is 10.9. The maximum absolute atomic E-state index is 13.2. The molecule has 1 aromatic carbocycles. The van der Waals surface area contributed by atoms with Crippen molar-refractivity contribution in [2.75, 3.05) is 6.54 Å². The summed E-state index contributed by atoms with van der Waals surface area (Å²) in [4.78, 5) is 13.2. The summed E-state index contributed by atoms with van der Waals surface area (Å²) in [5.41, 5.74) is 2.46. The van der Waals surface area contributed by atoms with E-state index in [0.29, 0.717) is 17.5 Å². The Morgan fingerprint density at radius 2 is 2.00 bits per heavy atom. The first-order valence-corrected chi connectivity index (χ1v) is 11.1. The van der Waals surface area contributed by atoms with Crippen molar-refractivity contribution >= 4 is 11.6 Å². The largest absolute Gasteiger partial charge is 0.348 e. The van der Waals surface area contributed by atoms with Crippen LogP contribution in [0.5, 0.6) is 0 Å². The van der Waals surface area contributed by atoms with Gasteiger partial charge in [0, 0.05) is 19.0 Å². The van der Waals surface area contributed by atoms with Gasteiger partial charge >= 0.3 is 0 Å². The molecular formula is C24H35N3O. The van der Waals surface area contributed by atoms with Gasteiger partial charge in [-0.2, -0.15) is 5.10 Å².